The zero-order valence-corrected chi connectivity index (χ0v) is 9.72. The second kappa shape index (κ2) is 5.64. The Hall–Kier alpha value is -1.18. The lowest BCUT2D eigenvalue weighted by Crippen LogP contribution is -2.53. The van der Waals surface area contributed by atoms with Gasteiger partial charge in [-0.1, -0.05) is 13.5 Å². The third kappa shape index (κ3) is 3.94. The van der Waals surface area contributed by atoms with Crippen molar-refractivity contribution in [2.45, 2.75) is 44.6 Å². The summed E-state index contributed by atoms with van der Waals surface area (Å²) in [6.45, 7) is 5.38. The first-order chi connectivity index (χ1) is 7.94. The molecule has 106 valence electrons. The maximum absolute atomic E-state index is 13.3. The topological polar surface area (TPSA) is 46.5 Å². The quantitative estimate of drug-likeness (QED) is 0.476. The van der Waals surface area contributed by atoms with Gasteiger partial charge < -0.3 is 9.84 Å². The predicted octanol–water partition coefficient (Wildman–Crippen LogP) is 2.44. The largest absolute Gasteiger partial charge is 0.453 e. The summed E-state index contributed by atoms with van der Waals surface area (Å²) in [4.78, 5) is 11.0. The fourth-order valence-corrected chi connectivity index (χ4v) is 1.06. The van der Waals surface area contributed by atoms with Gasteiger partial charge in [0, 0.05) is 5.57 Å². The third-order valence-electron chi connectivity index (χ3n) is 2.07. The molecular weight excluding hydrogens is 263 g/mol. The van der Waals surface area contributed by atoms with Crippen molar-refractivity contribution >= 4 is 5.97 Å². The summed E-state index contributed by atoms with van der Waals surface area (Å²) in [5.74, 6) is -5.87. The fourth-order valence-electron chi connectivity index (χ4n) is 1.06. The second-order valence-corrected chi connectivity index (χ2v) is 3.70. The van der Waals surface area contributed by atoms with Gasteiger partial charge in [0.25, 0.3) is 0 Å². The third-order valence-corrected chi connectivity index (χ3v) is 2.07. The molecule has 3 nitrogen and oxygen atoms in total. The molecule has 0 heterocycles. The molecule has 0 fully saturated rings. The molecule has 0 spiro atoms. The van der Waals surface area contributed by atoms with Gasteiger partial charge in [-0.3, -0.25) is 0 Å². The van der Waals surface area contributed by atoms with Crippen molar-refractivity contribution in [1.29, 1.82) is 0 Å². The summed E-state index contributed by atoms with van der Waals surface area (Å²) in [6, 6.07) is 0. The maximum Gasteiger partial charge on any atom is 0.420 e. The van der Waals surface area contributed by atoms with Gasteiger partial charge in [-0.25, -0.2) is 4.79 Å². The number of aliphatic hydroxyl groups is 1. The summed E-state index contributed by atoms with van der Waals surface area (Å²) in [6.07, 6.45) is -12.4. The van der Waals surface area contributed by atoms with Crippen LogP contribution in [-0.2, 0) is 9.53 Å². The normalized spacial score (nSPS) is 16.0. The van der Waals surface area contributed by atoms with Gasteiger partial charge in [0.2, 0.25) is 6.10 Å². The molecule has 1 N–H and O–H groups in total. The standard InChI is InChI=1S/C10H13F5O3/c1-4-6(18-7(16)5(2)3)9(11,12)8(17)10(13,14)15/h6,8,17H,2,4H2,1,3H3. The molecule has 2 atom stereocenters. The molecule has 2 unspecified atom stereocenters. The summed E-state index contributed by atoms with van der Waals surface area (Å²) in [5, 5.41) is 8.58. The van der Waals surface area contributed by atoms with Crippen LogP contribution in [-0.4, -0.2) is 35.4 Å². The number of hydrogen-bond donors (Lipinski definition) is 1. The van der Waals surface area contributed by atoms with Crippen molar-refractivity contribution in [1.82, 2.24) is 0 Å². The van der Waals surface area contributed by atoms with Crippen LogP contribution in [0.3, 0.4) is 0 Å². The van der Waals surface area contributed by atoms with Gasteiger partial charge in [-0.15, -0.1) is 0 Å². The van der Waals surface area contributed by atoms with Crippen molar-refractivity contribution in [3.8, 4) is 0 Å². The lowest BCUT2D eigenvalue weighted by molar-refractivity contribution is -0.292. The van der Waals surface area contributed by atoms with Crippen LogP contribution < -0.4 is 0 Å². The lowest BCUT2D eigenvalue weighted by atomic mass is 10.0. The van der Waals surface area contributed by atoms with Gasteiger partial charge >= 0.3 is 18.1 Å². The van der Waals surface area contributed by atoms with Crippen molar-refractivity contribution in [2.75, 3.05) is 0 Å². The number of aliphatic hydroxyl groups excluding tert-OH is 1. The maximum atomic E-state index is 13.3. The first kappa shape index (κ1) is 16.8. The molecule has 0 aromatic rings. The number of rotatable bonds is 5. The van der Waals surface area contributed by atoms with E-state index in [1.807, 2.05) is 0 Å². The summed E-state index contributed by atoms with van der Waals surface area (Å²) in [5.41, 5.74) is -0.231. The molecule has 0 bridgehead atoms. The van der Waals surface area contributed by atoms with Crippen LogP contribution >= 0.6 is 0 Å². The Morgan fingerprint density at radius 3 is 2.06 bits per heavy atom. The van der Waals surface area contributed by atoms with Gasteiger partial charge in [-0.2, -0.15) is 22.0 Å². The highest BCUT2D eigenvalue weighted by molar-refractivity contribution is 5.87. The van der Waals surface area contributed by atoms with E-state index in [1.165, 1.54) is 0 Å². The predicted molar refractivity (Wildman–Crippen MR) is 52.0 cm³/mol. The van der Waals surface area contributed by atoms with E-state index in [9.17, 15) is 26.7 Å². The Labute approximate surface area is 100 Å². The number of hydrogen-bond acceptors (Lipinski definition) is 3. The van der Waals surface area contributed by atoms with Crippen LogP contribution in [0.2, 0.25) is 0 Å². The first-order valence-electron chi connectivity index (χ1n) is 4.93. The fraction of sp³-hybridized carbons (Fsp3) is 0.700. The molecule has 0 amide bonds. The molecule has 0 aromatic carbocycles. The van der Waals surface area contributed by atoms with Crippen LogP contribution in [0.5, 0.6) is 0 Å². The molecule has 0 aliphatic carbocycles. The molecule has 0 aliphatic rings. The van der Waals surface area contributed by atoms with E-state index in [0.29, 0.717) is 0 Å². The van der Waals surface area contributed by atoms with Crippen molar-refractivity contribution in [2.24, 2.45) is 0 Å². The van der Waals surface area contributed by atoms with Gasteiger partial charge in [0.1, 0.15) is 0 Å². The minimum atomic E-state index is -5.51. The zero-order valence-electron chi connectivity index (χ0n) is 9.72. The van der Waals surface area contributed by atoms with E-state index in [1.54, 1.807) is 0 Å². The monoisotopic (exact) mass is 276 g/mol. The van der Waals surface area contributed by atoms with Gasteiger partial charge in [0.05, 0.1) is 0 Å². The lowest BCUT2D eigenvalue weighted by Gasteiger charge is -2.30. The number of carbonyl (C=O) groups is 1. The molecular formula is C10H13F5O3. The van der Waals surface area contributed by atoms with Crippen LogP contribution in [0.15, 0.2) is 12.2 Å². The summed E-state index contributed by atoms with van der Waals surface area (Å²) < 4.78 is 67.0. The molecule has 0 aromatic heterocycles. The molecule has 0 saturated carbocycles. The van der Waals surface area contributed by atoms with E-state index in [0.717, 1.165) is 13.8 Å². The SMILES string of the molecule is C=C(C)C(=O)OC(CC)C(F)(F)C(O)C(F)(F)F. The van der Waals surface area contributed by atoms with E-state index >= 15 is 0 Å². The molecule has 0 saturated heterocycles. The molecule has 8 heteroatoms. The Morgan fingerprint density at radius 1 is 1.33 bits per heavy atom. The van der Waals surface area contributed by atoms with Crippen LogP contribution in [0, 0.1) is 0 Å². The summed E-state index contributed by atoms with van der Waals surface area (Å²) >= 11 is 0. The Morgan fingerprint density at radius 2 is 1.78 bits per heavy atom. The second-order valence-electron chi connectivity index (χ2n) is 3.70. The van der Waals surface area contributed by atoms with E-state index < -0.39 is 36.7 Å². The van der Waals surface area contributed by atoms with Crippen LogP contribution in [0.25, 0.3) is 0 Å². The summed E-state index contributed by atoms with van der Waals surface area (Å²) in [7, 11) is 0. The highest BCUT2D eigenvalue weighted by atomic mass is 19.4. The molecule has 0 aliphatic heterocycles. The number of halogens is 5. The number of alkyl halides is 5. The van der Waals surface area contributed by atoms with Crippen LogP contribution in [0.4, 0.5) is 22.0 Å². The van der Waals surface area contributed by atoms with Gasteiger partial charge in [0.15, 0.2) is 6.10 Å². The average molecular weight is 276 g/mol. The van der Waals surface area contributed by atoms with Crippen molar-refractivity contribution in [3.05, 3.63) is 12.2 Å². The molecule has 0 rings (SSSR count). The Balaban J connectivity index is 5.04. The Kier molecular flexibility index (Phi) is 5.27. The number of esters is 1. The number of carbonyl (C=O) groups excluding carboxylic acids is 1. The van der Waals surface area contributed by atoms with E-state index in [4.69, 9.17) is 5.11 Å². The first-order valence-corrected chi connectivity index (χ1v) is 4.93. The van der Waals surface area contributed by atoms with E-state index in [-0.39, 0.29) is 5.57 Å². The van der Waals surface area contributed by atoms with Gasteiger partial charge in [-0.05, 0) is 13.3 Å². The minimum Gasteiger partial charge on any atom is -0.453 e. The number of ether oxygens (including phenoxy) is 1. The average Bonchev–Trinajstić information content (AvgIpc) is 2.22. The van der Waals surface area contributed by atoms with Crippen LogP contribution in [0.1, 0.15) is 20.3 Å². The van der Waals surface area contributed by atoms with Crippen molar-refractivity contribution in [3.63, 3.8) is 0 Å². The Bertz CT molecular complexity index is 324. The minimum absolute atomic E-state index is 0.231. The van der Waals surface area contributed by atoms with E-state index in [2.05, 4.69) is 11.3 Å². The molecule has 18 heavy (non-hydrogen) atoms. The molecule has 0 radical (unpaired) electrons. The highest BCUT2D eigenvalue weighted by Crippen LogP contribution is 2.36. The smallest absolute Gasteiger partial charge is 0.420 e. The zero-order chi connectivity index (χ0) is 14.7. The van der Waals surface area contributed by atoms with Crippen molar-refractivity contribution < 1.29 is 36.6 Å². The highest BCUT2D eigenvalue weighted by Gasteiger charge is 2.59.